The number of anilines is 1. The summed E-state index contributed by atoms with van der Waals surface area (Å²) in [5.74, 6) is 0. The molecule has 1 aromatic carbocycles. The summed E-state index contributed by atoms with van der Waals surface area (Å²) in [4.78, 5) is 12.8. The predicted octanol–water partition coefficient (Wildman–Crippen LogP) is 3.29. The van der Waals surface area contributed by atoms with Gasteiger partial charge in [-0.15, -0.1) is 0 Å². The Labute approximate surface area is 123 Å². The van der Waals surface area contributed by atoms with E-state index in [4.69, 9.17) is 11.6 Å². The molecule has 2 fully saturated rings. The van der Waals surface area contributed by atoms with E-state index in [0.717, 1.165) is 18.7 Å². The minimum Gasteiger partial charge on any atom is -0.379 e. The molecule has 0 amide bonds. The Balaban J connectivity index is 1.73. The first-order valence-electron chi connectivity index (χ1n) is 7.09. The molecule has 2 heterocycles. The lowest BCUT2D eigenvalue weighted by Crippen LogP contribution is -2.41. The van der Waals surface area contributed by atoms with Crippen molar-refractivity contribution in [3.63, 3.8) is 0 Å². The van der Waals surface area contributed by atoms with Crippen LogP contribution in [0.2, 0.25) is 5.02 Å². The number of nitrogens with zero attached hydrogens (tertiary/aromatic N) is 2. The summed E-state index contributed by atoms with van der Waals surface area (Å²) in [5.41, 5.74) is 0.834. The molecule has 0 unspecified atom stereocenters. The van der Waals surface area contributed by atoms with Gasteiger partial charge in [0.2, 0.25) is 0 Å². The highest BCUT2D eigenvalue weighted by atomic mass is 35.5. The van der Waals surface area contributed by atoms with Gasteiger partial charge in [0.05, 0.1) is 15.6 Å². The SMILES string of the molecule is O=[N+]([O-])c1ccc(N[C@@H]2CCN3CCCC[C@@H]23)c(Cl)c1. The van der Waals surface area contributed by atoms with E-state index < -0.39 is 4.92 Å². The van der Waals surface area contributed by atoms with Gasteiger partial charge >= 0.3 is 0 Å². The number of piperidine rings is 1. The van der Waals surface area contributed by atoms with Gasteiger partial charge in [0, 0.05) is 30.8 Å². The molecule has 0 saturated carbocycles. The molecule has 3 rings (SSSR count). The molecule has 0 spiro atoms. The van der Waals surface area contributed by atoms with E-state index in [1.54, 1.807) is 6.07 Å². The van der Waals surface area contributed by atoms with Crippen LogP contribution in [0.4, 0.5) is 11.4 Å². The highest BCUT2D eigenvalue weighted by molar-refractivity contribution is 6.33. The third-order valence-electron chi connectivity index (χ3n) is 4.36. The maximum Gasteiger partial charge on any atom is 0.271 e. The van der Waals surface area contributed by atoms with E-state index in [9.17, 15) is 10.1 Å². The zero-order chi connectivity index (χ0) is 14.1. The van der Waals surface area contributed by atoms with E-state index in [1.165, 1.54) is 37.9 Å². The first-order valence-corrected chi connectivity index (χ1v) is 7.47. The molecule has 1 N–H and O–H groups in total. The molecule has 0 bridgehead atoms. The van der Waals surface area contributed by atoms with Gasteiger partial charge in [-0.05, 0) is 31.9 Å². The lowest BCUT2D eigenvalue weighted by atomic mass is 9.99. The summed E-state index contributed by atoms with van der Waals surface area (Å²) in [5, 5.41) is 14.6. The van der Waals surface area contributed by atoms with Crippen molar-refractivity contribution in [3.8, 4) is 0 Å². The molecule has 2 aliphatic heterocycles. The van der Waals surface area contributed by atoms with Gasteiger partial charge < -0.3 is 5.32 Å². The van der Waals surface area contributed by atoms with Crippen LogP contribution in [0.15, 0.2) is 18.2 Å². The molecule has 0 radical (unpaired) electrons. The Morgan fingerprint density at radius 1 is 1.30 bits per heavy atom. The average molecular weight is 296 g/mol. The van der Waals surface area contributed by atoms with Crippen molar-refractivity contribution in [2.75, 3.05) is 18.4 Å². The van der Waals surface area contributed by atoms with Gasteiger partial charge in [-0.25, -0.2) is 0 Å². The molecule has 5 nitrogen and oxygen atoms in total. The van der Waals surface area contributed by atoms with Crippen LogP contribution in [0.1, 0.15) is 25.7 Å². The first kappa shape index (κ1) is 13.6. The number of hydrogen-bond acceptors (Lipinski definition) is 4. The van der Waals surface area contributed by atoms with E-state index >= 15 is 0 Å². The van der Waals surface area contributed by atoms with Crippen LogP contribution >= 0.6 is 11.6 Å². The van der Waals surface area contributed by atoms with Crippen LogP contribution in [-0.2, 0) is 0 Å². The number of hydrogen-bond donors (Lipinski definition) is 1. The minimum absolute atomic E-state index is 0.0336. The van der Waals surface area contributed by atoms with Crippen molar-refractivity contribution >= 4 is 23.0 Å². The van der Waals surface area contributed by atoms with Crippen molar-refractivity contribution < 1.29 is 4.92 Å². The van der Waals surface area contributed by atoms with Crippen molar-refractivity contribution in [2.45, 2.75) is 37.8 Å². The Morgan fingerprint density at radius 2 is 2.15 bits per heavy atom. The number of nitro benzene ring substituents is 1. The van der Waals surface area contributed by atoms with Gasteiger partial charge in [0.1, 0.15) is 0 Å². The Bertz CT molecular complexity index is 523. The molecular weight excluding hydrogens is 278 g/mol. The largest absolute Gasteiger partial charge is 0.379 e. The molecule has 2 aliphatic rings. The van der Waals surface area contributed by atoms with Crippen LogP contribution in [0.5, 0.6) is 0 Å². The van der Waals surface area contributed by atoms with Crippen LogP contribution in [0, 0.1) is 10.1 Å². The number of halogens is 1. The highest BCUT2D eigenvalue weighted by Gasteiger charge is 2.35. The van der Waals surface area contributed by atoms with Gasteiger partial charge in [-0.3, -0.25) is 15.0 Å². The van der Waals surface area contributed by atoms with E-state index in [1.807, 2.05) is 0 Å². The Hall–Kier alpha value is -1.33. The fourth-order valence-electron chi connectivity index (χ4n) is 3.35. The molecule has 2 saturated heterocycles. The fraction of sp³-hybridized carbons (Fsp3) is 0.571. The van der Waals surface area contributed by atoms with Gasteiger partial charge in [0.15, 0.2) is 0 Å². The maximum atomic E-state index is 10.7. The summed E-state index contributed by atoms with van der Waals surface area (Å²) in [7, 11) is 0. The quantitative estimate of drug-likeness (QED) is 0.687. The summed E-state index contributed by atoms with van der Waals surface area (Å²) >= 11 is 6.15. The predicted molar refractivity (Wildman–Crippen MR) is 79.3 cm³/mol. The average Bonchev–Trinajstić information content (AvgIpc) is 2.84. The second kappa shape index (κ2) is 5.58. The number of rotatable bonds is 3. The molecule has 0 aliphatic carbocycles. The highest BCUT2D eigenvalue weighted by Crippen LogP contribution is 2.32. The summed E-state index contributed by atoms with van der Waals surface area (Å²) in [6, 6.07) is 5.61. The van der Waals surface area contributed by atoms with Crippen molar-refractivity contribution in [1.29, 1.82) is 0 Å². The number of fused-ring (bicyclic) bond motifs is 1. The number of nitrogens with one attached hydrogen (secondary N) is 1. The molecular formula is C14H18ClN3O2. The second-order valence-electron chi connectivity index (χ2n) is 5.56. The third-order valence-corrected chi connectivity index (χ3v) is 4.67. The van der Waals surface area contributed by atoms with Crippen LogP contribution in [0.25, 0.3) is 0 Å². The monoisotopic (exact) mass is 295 g/mol. The number of benzene rings is 1. The van der Waals surface area contributed by atoms with E-state index in [-0.39, 0.29) is 5.69 Å². The lowest BCUT2D eigenvalue weighted by Gasteiger charge is -2.33. The fourth-order valence-corrected chi connectivity index (χ4v) is 3.58. The molecule has 6 heteroatoms. The topological polar surface area (TPSA) is 58.4 Å². The van der Waals surface area contributed by atoms with Crippen LogP contribution in [-0.4, -0.2) is 35.0 Å². The molecule has 2 atom stereocenters. The van der Waals surface area contributed by atoms with Gasteiger partial charge in [-0.2, -0.15) is 0 Å². The van der Waals surface area contributed by atoms with Gasteiger partial charge in [0.25, 0.3) is 5.69 Å². The summed E-state index contributed by atoms with van der Waals surface area (Å²) in [6.07, 6.45) is 4.91. The summed E-state index contributed by atoms with van der Waals surface area (Å²) < 4.78 is 0. The smallest absolute Gasteiger partial charge is 0.271 e. The molecule has 1 aromatic rings. The van der Waals surface area contributed by atoms with Gasteiger partial charge in [-0.1, -0.05) is 18.0 Å². The lowest BCUT2D eigenvalue weighted by molar-refractivity contribution is -0.384. The standard InChI is InChI=1S/C14H18ClN3O2/c15-11-9-10(18(19)20)4-5-12(11)16-13-6-8-17-7-2-1-3-14(13)17/h4-5,9,13-14,16H,1-3,6-8H2/t13-,14+/m1/s1. The van der Waals surface area contributed by atoms with E-state index in [2.05, 4.69) is 10.2 Å². The summed E-state index contributed by atoms with van der Waals surface area (Å²) in [6.45, 7) is 2.32. The van der Waals surface area contributed by atoms with Crippen molar-refractivity contribution in [2.24, 2.45) is 0 Å². The normalized spacial score (nSPS) is 26.2. The zero-order valence-electron chi connectivity index (χ0n) is 11.2. The van der Waals surface area contributed by atoms with Crippen molar-refractivity contribution in [1.82, 2.24) is 4.90 Å². The second-order valence-corrected chi connectivity index (χ2v) is 5.97. The molecule has 20 heavy (non-hydrogen) atoms. The van der Waals surface area contributed by atoms with Crippen molar-refractivity contribution in [3.05, 3.63) is 33.3 Å². The zero-order valence-corrected chi connectivity index (χ0v) is 12.0. The molecule has 108 valence electrons. The number of non-ortho nitro benzene ring substituents is 1. The molecule has 0 aromatic heterocycles. The Kier molecular flexibility index (Phi) is 3.81. The van der Waals surface area contributed by atoms with Crippen LogP contribution in [0.3, 0.4) is 0 Å². The maximum absolute atomic E-state index is 10.7. The van der Waals surface area contributed by atoms with Crippen LogP contribution < -0.4 is 5.32 Å². The third kappa shape index (κ3) is 2.60. The first-order chi connectivity index (χ1) is 9.65. The minimum atomic E-state index is -0.423. The number of nitro groups is 1. The Morgan fingerprint density at radius 3 is 2.90 bits per heavy atom. The van der Waals surface area contributed by atoms with E-state index in [0.29, 0.717) is 17.1 Å².